The highest BCUT2D eigenvalue weighted by molar-refractivity contribution is 5.89. The summed E-state index contributed by atoms with van der Waals surface area (Å²) in [6, 6.07) is 48.9. The van der Waals surface area contributed by atoms with Crippen molar-refractivity contribution in [1.29, 1.82) is 0 Å². The molecule has 0 spiro atoms. The molecule has 0 heterocycles. The summed E-state index contributed by atoms with van der Waals surface area (Å²) in [5, 5.41) is 2.62. The molecule has 0 fully saturated rings. The largest absolute Gasteiger partial charge is 0.0653 e. The molecule has 5 rings (SSSR count). The van der Waals surface area contributed by atoms with Crippen LogP contribution in [0.3, 0.4) is 0 Å². The minimum absolute atomic E-state index is 0.114. The highest BCUT2D eigenvalue weighted by atomic mass is 14.4. The molecule has 0 amide bonds. The van der Waals surface area contributed by atoms with E-state index in [-0.39, 0.29) is 5.41 Å². The van der Waals surface area contributed by atoms with E-state index in [0.29, 0.717) is 0 Å². The van der Waals surface area contributed by atoms with E-state index in [2.05, 4.69) is 140 Å². The zero-order valence-corrected chi connectivity index (χ0v) is 20.5. The van der Waals surface area contributed by atoms with Gasteiger partial charge in [0.15, 0.2) is 0 Å². The molecule has 0 nitrogen and oxygen atoms in total. The molecule has 5 aromatic rings. The van der Waals surface area contributed by atoms with Gasteiger partial charge in [-0.2, -0.15) is 0 Å². The minimum Gasteiger partial charge on any atom is -0.0653 e. The third kappa shape index (κ3) is 4.80. The van der Waals surface area contributed by atoms with E-state index in [9.17, 15) is 0 Å². The molecule has 35 heavy (non-hydrogen) atoms. The first kappa shape index (κ1) is 23.1. The summed E-state index contributed by atoms with van der Waals surface area (Å²) in [4.78, 5) is 0. The van der Waals surface area contributed by atoms with Gasteiger partial charge in [0, 0.05) is 11.3 Å². The summed E-state index contributed by atoms with van der Waals surface area (Å²) < 4.78 is 0. The predicted molar refractivity (Wildman–Crippen MR) is 150 cm³/mol. The number of fused-ring (bicyclic) bond motifs is 1. The third-order valence-corrected chi connectivity index (χ3v) is 7.29. The predicted octanol–water partition coefficient (Wildman–Crippen LogP) is 9.18. The van der Waals surface area contributed by atoms with Crippen LogP contribution in [-0.4, -0.2) is 0 Å². The fourth-order valence-corrected chi connectivity index (χ4v) is 5.73. The first-order valence-corrected chi connectivity index (χ1v) is 12.8. The molecule has 0 aliphatic rings. The summed E-state index contributed by atoms with van der Waals surface area (Å²) in [6.45, 7) is 2.33. The summed E-state index contributed by atoms with van der Waals surface area (Å²) >= 11 is 0. The van der Waals surface area contributed by atoms with Crippen molar-refractivity contribution >= 4 is 10.8 Å². The van der Waals surface area contributed by atoms with Crippen molar-refractivity contribution in [2.75, 3.05) is 0 Å². The zero-order valence-electron chi connectivity index (χ0n) is 20.5. The lowest BCUT2D eigenvalue weighted by Gasteiger charge is -2.42. The molecule has 0 aliphatic heterocycles. The summed E-state index contributed by atoms with van der Waals surface area (Å²) in [5.41, 5.74) is 5.35. The number of hydrogen-bond donors (Lipinski definition) is 0. The Labute approximate surface area is 210 Å². The van der Waals surface area contributed by atoms with Gasteiger partial charge in [-0.05, 0) is 52.3 Å². The Balaban J connectivity index is 1.76. The van der Waals surface area contributed by atoms with E-state index in [0.717, 1.165) is 25.7 Å². The lowest BCUT2D eigenvalue weighted by molar-refractivity contribution is 0.395. The van der Waals surface area contributed by atoms with Gasteiger partial charge in [-0.25, -0.2) is 0 Å². The van der Waals surface area contributed by atoms with Gasteiger partial charge in [0.05, 0.1) is 0 Å². The van der Waals surface area contributed by atoms with Crippen LogP contribution in [0.1, 0.15) is 48.4 Å². The lowest BCUT2D eigenvalue weighted by Crippen LogP contribution is -2.36. The molecule has 1 radical (unpaired) electrons. The first-order chi connectivity index (χ1) is 17.3. The van der Waals surface area contributed by atoms with Crippen molar-refractivity contribution in [1.82, 2.24) is 0 Å². The molecular weight excluding hydrogens is 420 g/mol. The fourth-order valence-electron chi connectivity index (χ4n) is 5.73. The Hall–Kier alpha value is -3.64. The molecule has 0 N–H and O–H groups in total. The van der Waals surface area contributed by atoms with Crippen molar-refractivity contribution in [3.05, 3.63) is 162 Å². The van der Waals surface area contributed by atoms with Crippen molar-refractivity contribution in [2.45, 2.75) is 38.0 Å². The van der Waals surface area contributed by atoms with Gasteiger partial charge in [-0.1, -0.05) is 147 Å². The number of hydrogen-bond acceptors (Lipinski definition) is 0. The second-order valence-electron chi connectivity index (χ2n) is 9.45. The maximum atomic E-state index is 2.34. The molecule has 0 aliphatic carbocycles. The average molecular weight is 454 g/mol. The van der Waals surface area contributed by atoms with Crippen LogP contribution >= 0.6 is 0 Å². The Bertz CT molecular complexity index is 1330. The smallest absolute Gasteiger partial charge is 0.0451 e. The Morgan fingerprint density at radius 1 is 0.571 bits per heavy atom. The van der Waals surface area contributed by atoms with Crippen LogP contribution < -0.4 is 0 Å². The average Bonchev–Trinajstić information content (AvgIpc) is 2.94. The van der Waals surface area contributed by atoms with Crippen LogP contribution in [0.25, 0.3) is 10.8 Å². The third-order valence-electron chi connectivity index (χ3n) is 7.29. The van der Waals surface area contributed by atoms with Crippen LogP contribution in [-0.2, 0) is 11.8 Å². The molecule has 1 unspecified atom stereocenters. The van der Waals surface area contributed by atoms with Gasteiger partial charge >= 0.3 is 0 Å². The van der Waals surface area contributed by atoms with Crippen LogP contribution in [0.5, 0.6) is 0 Å². The minimum atomic E-state index is -0.114. The Morgan fingerprint density at radius 3 is 1.89 bits per heavy atom. The van der Waals surface area contributed by atoms with E-state index >= 15 is 0 Å². The van der Waals surface area contributed by atoms with E-state index in [4.69, 9.17) is 0 Å². The molecular formula is C35H33. The normalized spacial score (nSPS) is 13.1. The van der Waals surface area contributed by atoms with Crippen molar-refractivity contribution < 1.29 is 0 Å². The van der Waals surface area contributed by atoms with Crippen molar-refractivity contribution in [2.24, 2.45) is 0 Å². The van der Waals surface area contributed by atoms with Crippen molar-refractivity contribution in [3.8, 4) is 0 Å². The summed E-state index contributed by atoms with van der Waals surface area (Å²) in [7, 11) is 0. The first-order valence-electron chi connectivity index (χ1n) is 12.8. The molecule has 0 saturated carbocycles. The van der Waals surface area contributed by atoms with Gasteiger partial charge < -0.3 is 0 Å². The van der Waals surface area contributed by atoms with Crippen LogP contribution in [0.2, 0.25) is 0 Å². The molecule has 1 atom stereocenters. The van der Waals surface area contributed by atoms with Crippen LogP contribution in [0.4, 0.5) is 0 Å². The molecule has 0 heteroatoms. The molecule has 173 valence electrons. The maximum Gasteiger partial charge on any atom is 0.0451 e. The fraction of sp³-hybridized carbons (Fsp3) is 0.171. The Morgan fingerprint density at radius 2 is 1.17 bits per heavy atom. The second-order valence-corrected chi connectivity index (χ2v) is 9.45. The van der Waals surface area contributed by atoms with Crippen LogP contribution in [0.15, 0.2) is 133 Å². The molecule has 0 bridgehead atoms. The lowest BCUT2D eigenvalue weighted by atomic mass is 9.60. The number of aryl methyl sites for hydroxylation is 1. The summed E-state index contributed by atoms with van der Waals surface area (Å²) in [6.07, 6.45) is 4.31. The molecule has 0 aromatic heterocycles. The van der Waals surface area contributed by atoms with Crippen LogP contribution in [0, 0.1) is 5.92 Å². The molecule has 5 aromatic carbocycles. The van der Waals surface area contributed by atoms with E-state index < -0.39 is 0 Å². The zero-order chi connectivity index (χ0) is 23.9. The topological polar surface area (TPSA) is 0 Å². The highest BCUT2D eigenvalue weighted by Gasteiger charge is 2.42. The van der Waals surface area contributed by atoms with Crippen molar-refractivity contribution in [3.63, 3.8) is 0 Å². The van der Waals surface area contributed by atoms with Gasteiger partial charge in [0.2, 0.25) is 0 Å². The van der Waals surface area contributed by atoms with Gasteiger partial charge in [0.25, 0.3) is 0 Å². The van der Waals surface area contributed by atoms with E-state index in [1.165, 1.54) is 38.9 Å². The Kier molecular flexibility index (Phi) is 7.09. The second kappa shape index (κ2) is 10.7. The van der Waals surface area contributed by atoms with E-state index in [1.807, 2.05) is 0 Å². The molecule has 0 saturated heterocycles. The summed E-state index contributed by atoms with van der Waals surface area (Å²) in [5.74, 6) is 1.44. The van der Waals surface area contributed by atoms with Gasteiger partial charge in [-0.3, -0.25) is 0 Å². The van der Waals surface area contributed by atoms with Gasteiger partial charge in [0.1, 0.15) is 0 Å². The SMILES string of the molecule is CCCC(CCc1ccccc1)([C](c1ccccc1)c1cccc2ccccc12)c1ccccc1. The highest BCUT2D eigenvalue weighted by Crippen LogP contribution is 2.50. The number of benzene rings is 5. The maximum absolute atomic E-state index is 2.34. The quantitative estimate of drug-likeness (QED) is 0.209. The standard InChI is InChI=1S/C35H33/c1-2-26-35(31-21-10-5-11-22-31,27-25-28-15-6-3-7-16-28)34(30-18-8-4-9-19-30)33-24-14-20-29-17-12-13-23-32(29)33/h3-24H,2,25-27H2,1H3. The van der Waals surface area contributed by atoms with Gasteiger partial charge in [-0.15, -0.1) is 0 Å². The number of rotatable bonds is 9. The van der Waals surface area contributed by atoms with E-state index in [1.54, 1.807) is 0 Å². The monoisotopic (exact) mass is 453 g/mol.